The lowest BCUT2D eigenvalue weighted by Gasteiger charge is -2.34. The van der Waals surface area contributed by atoms with Crippen molar-refractivity contribution in [2.45, 2.75) is 52.4 Å². The third-order valence-corrected chi connectivity index (χ3v) is 4.80. The van der Waals surface area contributed by atoms with Crippen LogP contribution in [-0.4, -0.2) is 56.4 Å². The van der Waals surface area contributed by atoms with Gasteiger partial charge in [0.1, 0.15) is 0 Å². The minimum atomic E-state index is -3.13. The van der Waals surface area contributed by atoms with E-state index in [0.29, 0.717) is 25.6 Å². The molecule has 6 heteroatoms. The average Bonchev–Trinajstić information content (AvgIpc) is 2.23. The summed E-state index contributed by atoms with van der Waals surface area (Å²) in [5.41, 5.74) is 0. The fourth-order valence-electron chi connectivity index (χ4n) is 2.13. The lowest BCUT2D eigenvalue weighted by atomic mass is 10.3. The van der Waals surface area contributed by atoms with Gasteiger partial charge in [0, 0.05) is 19.1 Å². The summed E-state index contributed by atoms with van der Waals surface area (Å²) in [6, 6.07) is 0.399. The van der Waals surface area contributed by atoms with Crippen LogP contribution in [0.3, 0.4) is 0 Å². The van der Waals surface area contributed by atoms with E-state index in [4.69, 9.17) is 4.74 Å². The van der Waals surface area contributed by atoms with Gasteiger partial charge in [-0.15, -0.1) is 0 Å². The molecule has 0 unspecified atom stereocenters. The van der Waals surface area contributed by atoms with Crippen LogP contribution in [0.2, 0.25) is 0 Å². The van der Waals surface area contributed by atoms with Crippen LogP contribution in [-0.2, 0) is 14.8 Å². The highest BCUT2D eigenvalue weighted by atomic mass is 32.2. The van der Waals surface area contributed by atoms with E-state index in [0.717, 1.165) is 6.54 Å². The van der Waals surface area contributed by atoms with Crippen LogP contribution in [0.4, 0.5) is 0 Å². The third kappa shape index (κ3) is 5.22. The first-order valence-corrected chi connectivity index (χ1v) is 8.29. The molecule has 1 aliphatic rings. The highest BCUT2D eigenvalue weighted by Crippen LogP contribution is 2.15. The van der Waals surface area contributed by atoms with Crippen LogP contribution < -0.4 is 5.32 Å². The Morgan fingerprint density at radius 1 is 1.28 bits per heavy atom. The molecule has 1 saturated heterocycles. The number of sulfonamides is 1. The van der Waals surface area contributed by atoms with E-state index in [1.165, 1.54) is 0 Å². The predicted molar refractivity (Wildman–Crippen MR) is 73.1 cm³/mol. The van der Waals surface area contributed by atoms with E-state index in [1.807, 2.05) is 13.8 Å². The molecule has 1 N–H and O–H groups in total. The van der Waals surface area contributed by atoms with Gasteiger partial charge >= 0.3 is 0 Å². The molecule has 1 fully saturated rings. The van der Waals surface area contributed by atoms with Gasteiger partial charge in [0.25, 0.3) is 0 Å². The molecule has 0 spiro atoms. The zero-order chi connectivity index (χ0) is 13.8. The standard InChI is InChI=1S/C12H26N2O3S/c1-10(2)13-6-5-7-18(15,16)14-8-11(3)17-12(4)9-14/h10-13H,5-9H2,1-4H3/t11-,12+. The first-order valence-electron chi connectivity index (χ1n) is 6.68. The zero-order valence-corrected chi connectivity index (χ0v) is 12.7. The van der Waals surface area contributed by atoms with Crippen LogP contribution in [0.5, 0.6) is 0 Å². The maximum absolute atomic E-state index is 12.2. The van der Waals surface area contributed by atoms with Gasteiger partial charge < -0.3 is 10.1 Å². The first kappa shape index (κ1) is 15.9. The van der Waals surface area contributed by atoms with Crippen LogP contribution in [0.25, 0.3) is 0 Å². The van der Waals surface area contributed by atoms with E-state index in [2.05, 4.69) is 19.2 Å². The quantitative estimate of drug-likeness (QED) is 0.731. The average molecular weight is 278 g/mol. The summed E-state index contributed by atoms with van der Waals surface area (Å²) >= 11 is 0. The van der Waals surface area contributed by atoms with Crippen molar-refractivity contribution in [3.8, 4) is 0 Å². The zero-order valence-electron chi connectivity index (χ0n) is 11.8. The van der Waals surface area contributed by atoms with E-state index in [9.17, 15) is 8.42 Å². The van der Waals surface area contributed by atoms with Crippen molar-refractivity contribution >= 4 is 10.0 Å². The molecule has 0 aliphatic carbocycles. The molecule has 0 aromatic carbocycles. The number of hydrogen-bond acceptors (Lipinski definition) is 4. The SMILES string of the molecule is CC(C)NCCCS(=O)(=O)N1C[C@@H](C)O[C@@H](C)C1. The summed E-state index contributed by atoms with van der Waals surface area (Å²) in [7, 11) is -3.13. The molecular weight excluding hydrogens is 252 g/mol. The van der Waals surface area contributed by atoms with Crippen molar-refractivity contribution in [2.75, 3.05) is 25.4 Å². The van der Waals surface area contributed by atoms with Crippen molar-refractivity contribution in [2.24, 2.45) is 0 Å². The van der Waals surface area contributed by atoms with Gasteiger partial charge in [-0.25, -0.2) is 8.42 Å². The van der Waals surface area contributed by atoms with Crippen molar-refractivity contribution < 1.29 is 13.2 Å². The molecule has 1 aliphatic heterocycles. The van der Waals surface area contributed by atoms with E-state index < -0.39 is 10.0 Å². The Morgan fingerprint density at radius 2 is 1.83 bits per heavy atom. The number of nitrogens with zero attached hydrogens (tertiary/aromatic N) is 1. The Hall–Kier alpha value is -0.170. The molecular formula is C12H26N2O3S. The van der Waals surface area contributed by atoms with Gasteiger partial charge in [0.05, 0.1) is 18.0 Å². The Labute approximate surface area is 111 Å². The number of ether oxygens (including phenoxy) is 1. The van der Waals surface area contributed by atoms with Crippen molar-refractivity contribution in [3.63, 3.8) is 0 Å². The van der Waals surface area contributed by atoms with E-state index in [1.54, 1.807) is 4.31 Å². The van der Waals surface area contributed by atoms with Crippen LogP contribution in [0, 0.1) is 0 Å². The Balaban J connectivity index is 2.42. The second-order valence-electron chi connectivity index (χ2n) is 5.35. The molecule has 108 valence electrons. The van der Waals surface area contributed by atoms with Crippen LogP contribution >= 0.6 is 0 Å². The van der Waals surface area contributed by atoms with Crippen molar-refractivity contribution in [1.82, 2.24) is 9.62 Å². The van der Waals surface area contributed by atoms with Crippen LogP contribution in [0.15, 0.2) is 0 Å². The lowest BCUT2D eigenvalue weighted by Crippen LogP contribution is -2.49. The Bertz CT molecular complexity index is 333. The third-order valence-electron chi connectivity index (χ3n) is 2.91. The predicted octanol–water partition coefficient (Wildman–Crippen LogP) is 0.814. The highest BCUT2D eigenvalue weighted by Gasteiger charge is 2.30. The lowest BCUT2D eigenvalue weighted by molar-refractivity contribution is -0.0440. The van der Waals surface area contributed by atoms with Gasteiger partial charge in [-0.05, 0) is 26.8 Å². The fourth-order valence-corrected chi connectivity index (χ4v) is 3.77. The topological polar surface area (TPSA) is 58.6 Å². The normalized spacial score (nSPS) is 26.7. The number of nitrogens with one attached hydrogen (secondary N) is 1. The molecule has 0 amide bonds. The smallest absolute Gasteiger partial charge is 0.214 e. The molecule has 0 aromatic rings. The molecule has 18 heavy (non-hydrogen) atoms. The van der Waals surface area contributed by atoms with E-state index >= 15 is 0 Å². The second kappa shape index (κ2) is 6.84. The van der Waals surface area contributed by atoms with Crippen molar-refractivity contribution in [3.05, 3.63) is 0 Å². The van der Waals surface area contributed by atoms with Crippen molar-refractivity contribution in [1.29, 1.82) is 0 Å². The Kier molecular flexibility index (Phi) is 6.04. The molecule has 0 bridgehead atoms. The Morgan fingerprint density at radius 3 is 2.33 bits per heavy atom. The van der Waals surface area contributed by atoms with Gasteiger partial charge in [-0.2, -0.15) is 4.31 Å². The summed E-state index contributed by atoms with van der Waals surface area (Å²) in [6.07, 6.45) is 0.621. The molecule has 0 saturated carbocycles. The number of hydrogen-bond donors (Lipinski definition) is 1. The summed E-state index contributed by atoms with van der Waals surface area (Å²) < 4.78 is 31.4. The highest BCUT2D eigenvalue weighted by molar-refractivity contribution is 7.89. The largest absolute Gasteiger partial charge is 0.373 e. The maximum atomic E-state index is 12.2. The first-order chi connectivity index (χ1) is 8.31. The molecule has 0 radical (unpaired) electrons. The fraction of sp³-hybridized carbons (Fsp3) is 1.00. The van der Waals surface area contributed by atoms with Gasteiger partial charge in [0.2, 0.25) is 10.0 Å². The maximum Gasteiger partial charge on any atom is 0.214 e. The molecule has 0 aromatic heterocycles. The van der Waals surface area contributed by atoms with Gasteiger partial charge in [0.15, 0.2) is 0 Å². The van der Waals surface area contributed by atoms with Crippen LogP contribution in [0.1, 0.15) is 34.1 Å². The summed E-state index contributed by atoms with van der Waals surface area (Å²) in [5.74, 6) is 0.214. The monoisotopic (exact) mass is 278 g/mol. The number of morpholine rings is 1. The summed E-state index contributed by atoms with van der Waals surface area (Å²) in [5, 5.41) is 3.23. The molecule has 1 rings (SSSR count). The minimum Gasteiger partial charge on any atom is -0.373 e. The van der Waals surface area contributed by atoms with Gasteiger partial charge in [-0.3, -0.25) is 0 Å². The molecule has 5 nitrogen and oxygen atoms in total. The molecule has 2 atom stereocenters. The summed E-state index contributed by atoms with van der Waals surface area (Å²) in [4.78, 5) is 0. The molecule has 1 heterocycles. The number of rotatable bonds is 6. The van der Waals surface area contributed by atoms with Gasteiger partial charge in [-0.1, -0.05) is 13.8 Å². The minimum absolute atomic E-state index is 0.0164. The summed E-state index contributed by atoms with van der Waals surface area (Å²) in [6.45, 7) is 9.64. The van der Waals surface area contributed by atoms with E-state index in [-0.39, 0.29) is 18.0 Å². The second-order valence-corrected chi connectivity index (χ2v) is 7.44.